The van der Waals surface area contributed by atoms with E-state index < -0.39 is 16.0 Å². The zero-order chi connectivity index (χ0) is 14.8. The van der Waals surface area contributed by atoms with Gasteiger partial charge in [0.2, 0.25) is 0 Å². The average Bonchev–Trinajstić information content (AvgIpc) is 2.88. The van der Waals surface area contributed by atoms with Gasteiger partial charge in [0.05, 0.1) is 11.8 Å². The Labute approximate surface area is 115 Å². The summed E-state index contributed by atoms with van der Waals surface area (Å²) in [5.74, 6) is -0.493. The van der Waals surface area contributed by atoms with E-state index in [0.29, 0.717) is 12.2 Å². The quantitative estimate of drug-likeness (QED) is 0.773. The molecule has 0 aliphatic rings. The van der Waals surface area contributed by atoms with Gasteiger partial charge in [0.1, 0.15) is 5.82 Å². The molecule has 0 bridgehead atoms. The molecule has 20 heavy (non-hydrogen) atoms. The van der Waals surface area contributed by atoms with Gasteiger partial charge in [-0.3, -0.25) is 4.72 Å². The Kier molecular flexibility index (Phi) is 3.75. The summed E-state index contributed by atoms with van der Waals surface area (Å²) >= 11 is 0. The molecule has 7 nitrogen and oxygen atoms in total. The number of carbonyl (C=O) groups is 1. The van der Waals surface area contributed by atoms with Gasteiger partial charge in [-0.15, -0.1) is 0 Å². The molecule has 1 heterocycles. The van der Waals surface area contributed by atoms with E-state index >= 15 is 0 Å². The second-order valence-electron chi connectivity index (χ2n) is 4.04. The lowest BCUT2D eigenvalue weighted by Gasteiger charge is -2.06. The van der Waals surface area contributed by atoms with Crippen LogP contribution in [0.1, 0.15) is 23.1 Å². The minimum absolute atomic E-state index is 0.0309. The van der Waals surface area contributed by atoms with E-state index in [1.54, 1.807) is 0 Å². The molecule has 106 valence electrons. The number of aromatic nitrogens is 2. The van der Waals surface area contributed by atoms with E-state index in [0.717, 1.165) is 0 Å². The number of carboxylic acids is 1. The van der Waals surface area contributed by atoms with Crippen molar-refractivity contribution in [2.45, 2.75) is 18.4 Å². The molecule has 0 spiro atoms. The number of hydrogen-bond donors (Lipinski definition) is 3. The summed E-state index contributed by atoms with van der Waals surface area (Å²) in [7, 11) is -3.75. The molecule has 2 rings (SSSR count). The molecule has 0 saturated heterocycles. The topological polar surface area (TPSA) is 112 Å². The summed E-state index contributed by atoms with van der Waals surface area (Å²) in [6.45, 7) is 1.85. The molecule has 0 unspecified atom stereocenters. The molecule has 0 radical (unpaired) electrons. The number of carboxylic acid groups (broad SMARTS) is 1. The van der Waals surface area contributed by atoms with E-state index in [4.69, 9.17) is 5.11 Å². The lowest BCUT2D eigenvalue weighted by Crippen LogP contribution is -2.13. The smallest absolute Gasteiger partial charge is 0.335 e. The number of anilines is 1. The first-order chi connectivity index (χ1) is 9.42. The molecule has 1 aromatic carbocycles. The van der Waals surface area contributed by atoms with Gasteiger partial charge in [-0.05, 0) is 24.3 Å². The highest BCUT2D eigenvalue weighted by Gasteiger charge is 2.17. The Morgan fingerprint density at radius 1 is 1.35 bits per heavy atom. The first-order valence-corrected chi connectivity index (χ1v) is 7.30. The van der Waals surface area contributed by atoms with Crippen LogP contribution in [0, 0.1) is 0 Å². The summed E-state index contributed by atoms with van der Waals surface area (Å²) in [5.41, 5.74) is 0.366. The van der Waals surface area contributed by atoms with Gasteiger partial charge in [0, 0.05) is 12.1 Å². The maximum absolute atomic E-state index is 12.1. The van der Waals surface area contributed by atoms with Crippen LogP contribution >= 0.6 is 0 Å². The van der Waals surface area contributed by atoms with Crippen molar-refractivity contribution in [3.8, 4) is 0 Å². The van der Waals surface area contributed by atoms with Crippen LogP contribution in [-0.2, 0) is 16.4 Å². The third-order valence-electron chi connectivity index (χ3n) is 2.61. The Balaban J connectivity index is 2.21. The zero-order valence-corrected chi connectivity index (χ0v) is 11.4. The summed E-state index contributed by atoms with van der Waals surface area (Å²) in [4.78, 5) is 17.3. The van der Waals surface area contributed by atoms with Gasteiger partial charge >= 0.3 is 5.97 Å². The van der Waals surface area contributed by atoms with Crippen LogP contribution in [0.3, 0.4) is 0 Å². The number of nitrogens with one attached hydrogen (secondary N) is 2. The zero-order valence-electron chi connectivity index (χ0n) is 10.6. The Morgan fingerprint density at radius 2 is 2.00 bits per heavy atom. The van der Waals surface area contributed by atoms with Crippen molar-refractivity contribution in [2.75, 3.05) is 4.72 Å². The minimum Gasteiger partial charge on any atom is -0.478 e. The second kappa shape index (κ2) is 5.33. The van der Waals surface area contributed by atoms with Crippen LogP contribution in [0.15, 0.2) is 35.5 Å². The fourth-order valence-corrected chi connectivity index (χ4v) is 2.55. The number of hydrogen-bond acceptors (Lipinski definition) is 4. The van der Waals surface area contributed by atoms with Crippen molar-refractivity contribution in [1.82, 2.24) is 9.97 Å². The molecule has 3 N–H and O–H groups in total. The van der Waals surface area contributed by atoms with E-state index in [-0.39, 0.29) is 16.3 Å². The number of rotatable bonds is 5. The minimum atomic E-state index is -3.75. The van der Waals surface area contributed by atoms with Gasteiger partial charge in [-0.2, -0.15) is 8.42 Å². The number of H-pyrrole nitrogens is 1. The third-order valence-corrected chi connectivity index (χ3v) is 3.90. The Hall–Kier alpha value is -2.35. The largest absolute Gasteiger partial charge is 0.478 e. The molecule has 8 heteroatoms. The van der Waals surface area contributed by atoms with Gasteiger partial charge in [-0.25, -0.2) is 9.78 Å². The first kappa shape index (κ1) is 14.1. The van der Waals surface area contributed by atoms with Crippen LogP contribution in [0.2, 0.25) is 0 Å². The van der Waals surface area contributed by atoms with Crippen molar-refractivity contribution in [2.24, 2.45) is 0 Å². The number of aromatic amines is 1. The number of aromatic carboxylic acids is 1. The van der Waals surface area contributed by atoms with Crippen LogP contribution in [0.5, 0.6) is 0 Å². The molecule has 1 aromatic heterocycles. The fraction of sp³-hybridized carbons (Fsp3) is 0.167. The maximum atomic E-state index is 12.1. The number of aryl methyl sites for hydroxylation is 1. The number of imidazole rings is 1. The number of sulfonamides is 1. The van der Waals surface area contributed by atoms with E-state index in [1.165, 1.54) is 30.5 Å². The normalized spacial score (nSPS) is 11.2. The van der Waals surface area contributed by atoms with Crippen molar-refractivity contribution in [1.29, 1.82) is 0 Å². The van der Waals surface area contributed by atoms with Gasteiger partial charge in [-0.1, -0.05) is 6.92 Å². The molecule has 0 aliphatic heterocycles. The number of benzene rings is 1. The maximum Gasteiger partial charge on any atom is 0.335 e. The summed E-state index contributed by atoms with van der Waals surface area (Å²) in [5, 5.41) is 8.73. The lowest BCUT2D eigenvalue weighted by molar-refractivity contribution is 0.0697. The highest BCUT2D eigenvalue weighted by Crippen LogP contribution is 2.15. The van der Waals surface area contributed by atoms with Gasteiger partial charge < -0.3 is 10.1 Å². The standard InChI is InChI=1S/C12H13N3O4S/c1-2-10-13-7-11(14-10)20(18,19)15-9-5-3-8(4-6-9)12(16)17/h3-7,15H,2H2,1H3,(H,13,14)(H,16,17). The first-order valence-electron chi connectivity index (χ1n) is 5.82. The van der Waals surface area contributed by atoms with Crippen molar-refractivity contribution < 1.29 is 18.3 Å². The third kappa shape index (κ3) is 2.97. The molecule has 0 fully saturated rings. The summed E-state index contributed by atoms with van der Waals surface area (Å²) in [6, 6.07) is 5.42. The highest BCUT2D eigenvalue weighted by molar-refractivity contribution is 7.92. The molecule has 0 amide bonds. The Bertz CT molecular complexity index is 719. The van der Waals surface area contributed by atoms with Gasteiger partial charge in [0.25, 0.3) is 10.0 Å². The van der Waals surface area contributed by atoms with Crippen LogP contribution in [-0.4, -0.2) is 29.5 Å². The summed E-state index contributed by atoms with van der Waals surface area (Å²) in [6.07, 6.45) is 1.84. The van der Waals surface area contributed by atoms with Crippen molar-refractivity contribution >= 4 is 21.7 Å². The SMILES string of the molecule is CCc1ncc(S(=O)(=O)Nc2ccc(C(=O)O)cc2)[nH]1. The molecule has 0 aliphatic carbocycles. The van der Waals surface area contributed by atoms with E-state index in [1.807, 2.05) is 6.92 Å². The van der Waals surface area contributed by atoms with Crippen molar-refractivity contribution in [3.05, 3.63) is 41.9 Å². The highest BCUT2D eigenvalue weighted by atomic mass is 32.2. The Morgan fingerprint density at radius 3 is 2.50 bits per heavy atom. The van der Waals surface area contributed by atoms with Crippen LogP contribution in [0.4, 0.5) is 5.69 Å². The number of nitrogens with zero attached hydrogens (tertiary/aromatic N) is 1. The summed E-state index contributed by atoms with van der Waals surface area (Å²) < 4.78 is 26.4. The monoisotopic (exact) mass is 295 g/mol. The molecular formula is C12H13N3O4S. The van der Waals surface area contributed by atoms with Gasteiger partial charge in [0.15, 0.2) is 5.03 Å². The second-order valence-corrected chi connectivity index (χ2v) is 5.69. The van der Waals surface area contributed by atoms with Crippen molar-refractivity contribution in [3.63, 3.8) is 0 Å². The predicted octanol–water partition coefficient (Wildman–Crippen LogP) is 1.47. The fourth-order valence-electron chi connectivity index (χ4n) is 1.55. The van der Waals surface area contributed by atoms with E-state index in [9.17, 15) is 13.2 Å². The molecule has 2 aromatic rings. The van der Waals surface area contributed by atoms with Crippen LogP contribution < -0.4 is 4.72 Å². The molecular weight excluding hydrogens is 282 g/mol. The molecule has 0 saturated carbocycles. The van der Waals surface area contributed by atoms with Crippen LogP contribution in [0.25, 0.3) is 0 Å². The van der Waals surface area contributed by atoms with E-state index in [2.05, 4.69) is 14.7 Å². The lowest BCUT2D eigenvalue weighted by atomic mass is 10.2. The predicted molar refractivity (Wildman–Crippen MR) is 72.2 cm³/mol. The molecule has 0 atom stereocenters. The average molecular weight is 295 g/mol.